The van der Waals surface area contributed by atoms with Crippen LogP contribution in [0.3, 0.4) is 0 Å². The van der Waals surface area contributed by atoms with E-state index in [1.807, 2.05) is 0 Å². The highest BCUT2D eigenvalue weighted by atomic mass is 32.2. The smallest absolute Gasteiger partial charge is 0.265 e. The number of rotatable bonds is 5. The largest absolute Gasteiger partial charge is 0.479 e. The Morgan fingerprint density at radius 3 is 2.75 bits per heavy atom. The highest BCUT2D eigenvalue weighted by Crippen LogP contribution is 2.33. The number of fused-ring (bicyclic) bond motifs is 1. The molecule has 2 aliphatic heterocycles. The molecule has 2 amide bonds. The number of hydrogen-bond donors (Lipinski definition) is 2. The van der Waals surface area contributed by atoms with Crippen LogP contribution in [-0.2, 0) is 26.2 Å². The molecule has 0 unspecified atom stereocenters. The maximum atomic E-state index is 13.2. The first kappa shape index (κ1) is 22.2. The average molecular weight is 462 g/mol. The summed E-state index contributed by atoms with van der Waals surface area (Å²) < 4.78 is 46.2. The number of ether oxygens (including phenoxy) is 1. The van der Waals surface area contributed by atoms with Gasteiger partial charge in [0.2, 0.25) is 15.9 Å². The number of sulfonamides is 1. The molecule has 0 aromatic heterocycles. The quantitative estimate of drug-likeness (QED) is 0.711. The van der Waals surface area contributed by atoms with E-state index in [2.05, 4.69) is 10.6 Å². The fourth-order valence-electron chi connectivity index (χ4n) is 3.81. The van der Waals surface area contributed by atoms with E-state index in [-0.39, 0.29) is 35.6 Å². The topological polar surface area (TPSA) is 105 Å². The Bertz CT molecular complexity index is 1140. The van der Waals surface area contributed by atoms with Gasteiger partial charge in [-0.25, -0.2) is 12.8 Å². The van der Waals surface area contributed by atoms with E-state index in [9.17, 15) is 22.4 Å². The Morgan fingerprint density at radius 2 is 2.00 bits per heavy atom. The number of hydrogen-bond acceptors (Lipinski definition) is 5. The van der Waals surface area contributed by atoms with Crippen molar-refractivity contribution in [3.05, 3.63) is 53.8 Å². The molecular formula is C22H24FN3O5S. The first-order valence-electron chi connectivity index (χ1n) is 10.4. The van der Waals surface area contributed by atoms with Gasteiger partial charge in [0.05, 0.1) is 16.5 Å². The van der Waals surface area contributed by atoms with E-state index in [4.69, 9.17) is 4.74 Å². The second-order valence-electron chi connectivity index (χ2n) is 7.95. The van der Waals surface area contributed by atoms with Gasteiger partial charge in [0, 0.05) is 19.6 Å². The summed E-state index contributed by atoms with van der Waals surface area (Å²) in [5.41, 5.74) is 1.06. The minimum absolute atomic E-state index is 0.0297. The molecule has 0 aliphatic carbocycles. The van der Waals surface area contributed by atoms with Gasteiger partial charge in [0.15, 0.2) is 6.10 Å². The zero-order valence-electron chi connectivity index (χ0n) is 17.5. The summed E-state index contributed by atoms with van der Waals surface area (Å²) in [6, 6.07) is 10.2. The third-order valence-electron chi connectivity index (χ3n) is 5.65. The lowest BCUT2D eigenvalue weighted by Gasteiger charge is -2.31. The van der Waals surface area contributed by atoms with E-state index < -0.39 is 22.0 Å². The maximum absolute atomic E-state index is 13.2. The Kier molecular flexibility index (Phi) is 6.16. The summed E-state index contributed by atoms with van der Waals surface area (Å²) in [5, 5.41) is 5.46. The first-order chi connectivity index (χ1) is 15.2. The molecule has 8 nitrogen and oxygen atoms in total. The molecule has 10 heteroatoms. The van der Waals surface area contributed by atoms with Crippen molar-refractivity contribution < 1.29 is 27.1 Å². The van der Waals surface area contributed by atoms with E-state index in [0.29, 0.717) is 30.8 Å². The van der Waals surface area contributed by atoms with Crippen LogP contribution in [0, 0.1) is 11.7 Å². The normalized spacial score (nSPS) is 21.2. The molecule has 0 bridgehead atoms. The Morgan fingerprint density at radius 1 is 1.25 bits per heavy atom. The molecule has 2 N–H and O–H groups in total. The van der Waals surface area contributed by atoms with Crippen molar-refractivity contribution >= 4 is 27.5 Å². The Balaban J connectivity index is 1.44. The standard InChI is InChI=1S/C22H24FN3O5S/c1-14-21(27)25-19-11-18(8-9-20(19)31-14)32(29,30)26-10-2-3-16(13-26)22(28)24-12-15-4-6-17(23)7-5-15/h4-9,11,14,16H,2-3,10,12-13H2,1H3,(H,24,28)(H,25,27)/t14-,16-/m1/s1. The van der Waals surface area contributed by atoms with Crippen LogP contribution in [0.25, 0.3) is 0 Å². The van der Waals surface area contributed by atoms with Crippen LogP contribution in [0.4, 0.5) is 10.1 Å². The van der Waals surface area contributed by atoms with Crippen LogP contribution >= 0.6 is 0 Å². The fraction of sp³-hybridized carbons (Fsp3) is 0.364. The fourth-order valence-corrected chi connectivity index (χ4v) is 5.36. The van der Waals surface area contributed by atoms with Gasteiger partial charge in [-0.1, -0.05) is 12.1 Å². The Labute approximate surface area is 185 Å². The molecule has 32 heavy (non-hydrogen) atoms. The van der Waals surface area contributed by atoms with Crippen LogP contribution < -0.4 is 15.4 Å². The highest BCUT2D eigenvalue weighted by molar-refractivity contribution is 7.89. The summed E-state index contributed by atoms with van der Waals surface area (Å²) in [6.07, 6.45) is 0.477. The van der Waals surface area contributed by atoms with Gasteiger partial charge in [0.1, 0.15) is 11.6 Å². The van der Waals surface area contributed by atoms with E-state index >= 15 is 0 Å². The van der Waals surface area contributed by atoms with Crippen molar-refractivity contribution in [1.82, 2.24) is 9.62 Å². The summed E-state index contributed by atoms with van der Waals surface area (Å²) in [5.74, 6) is -1.01. The van der Waals surface area contributed by atoms with Crippen LogP contribution in [0.1, 0.15) is 25.3 Å². The third kappa shape index (κ3) is 4.61. The second-order valence-corrected chi connectivity index (χ2v) is 9.89. The number of benzene rings is 2. The number of amides is 2. The molecule has 1 fully saturated rings. The first-order valence-corrected chi connectivity index (χ1v) is 11.8. The number of carbonyl (C=O) groups excluding carboxylic acids is 2. The lowest BCUT2D eigenvalue weighted by molar-refractivity contribution is -0.126. The number of anilines is 1. The molecule has 4 rings (SSSR count). The number of nitrogens with zero attached hydrogens (tertiary/aromatic N) is 1. The van der Waals surface area contributed by atoms with E-state index in [0.717, 1.165) is 5.56 Å². The summed E-state index contributed by atoms with van der Waals surface area (Å²) >= 11 is 0. The molecule has 0 saturated carbocycles. The van der Waals surface area contributed by atoms with Gasteiger partial charge in [-0.3, -0.25) is 9.59 Å². The number of halogens is 1. The summed E-state index contributed by atoms with van der Waals surface area (Å²) in [7, 11) is -3.86. The van der Waals surface area contributed by atoms with Crippen molar-refractivity contribution in [1.29, 1.82) is 0 Å². The van der Waals surface area contributed by atoms with Gasteiger partial charge in [-0.05, 0) is 55.7 Å². The summed E-state index contributed by atoms with van der Waals surface area (Å²) in [4.78, 5) is 24.5. The monoisotopic (exact) mass is 461 g/mol. The van der Waals surface area contributed by atoms with Crippen LogP contribution in [-0.4, -0.2) is 43.7 Å². The van der Waals surface area contributed by atoms with Gasteiger partial charge >= 0.3 is 0 Å². The predicted molar refractivity (Wildman–Crippen MR) is 115 cm³/mol. The van der Waals surface area contributed by atoms with Gasteiger partial charge < -0.3 is 15.4 Å². The van der Waals surface area contributed by atoms with Gasteiger partial charge in [-0.2, -0.15) is 4.31 Å². The molecular weight excluding hydrogens is 437 g/mol. The zero-order valence-corrected chi connectivity index (χ0v) is 18.3. The summed E-state index contributed by atoms with van der Waals surface area (Å²) in [6.45, 7) is 2.22. The van der Waals surface area contributed by atoms with Gasteiger partial charge in [0.25, 0.3) is 5.91 Å². The Hall–Kier alpha value is -2.98. The molecule has 2 aliphatic rings. The lowest BCUT2D eigenvalue weighted by Crippen LogP contribution is -2.45. The average Bonchev–Trinajstić information content (AvgIpc) is 2.79. The minimum atomic E-state index is -3.86. The molecule has 2 heterocycles. The minimum Gasteiger partial charge on any atom is -0.479 e. The maximum Gasteiger partial charge on any atom is 0.265 e. The van der Waals surface area contributed by atoms with Gasteiger partial charge in [-0.15, -0.1) is 0 Å². The molecule has 2 aromatic carbocycles. The van der Waals surface area contributed by atoms with Crippen LogP contribution in [0.2, 0.25) is 0 Å². The van der Waals surface area contributed by atoms with E-state index in [1.165, 1.54) is 34.6 Å². The predicted octanol–water partition coefficient (Wildman–Crippen LogP) is 2.26. The van der Waals surface area contributed by atoms with Crippen LogP contribution in [0.5, 0.6) is 5.75 Å². The second kappa shape index (κ2) is 8.87. The third-order valence-corrected chi connectivity index (χ3v) is 7.52. The molecule has 0 radical (unpaired) electrons. The van der Waals surface area contributed by atoms with Crippen molar-refractivity contribution in [2.45, 2.75) is 37.3 Å². The number of piperidine rings is 1. The number of nitrogens with one attached hydrogen (secondary N) is 2. The molecule has 2 aromatic rings. The van der Waals surface area contributed by atoms with E-state index in [1.54, 1.807) is 19.1 Å². The van der Waals surface area contributed by atoms with Crippen molar-refractivity contribution in [3.63, 3.8) is 0 Å². The lowest BCUT2D eigenvalue weighted by atomic mass is 9.99. The zero-order chi connectivity index (χ0) is 22.9. The van der Waals surface area contributed by atoms with Crippen LogP contribution in [0.15, 0.2) is 47.4 Å². The van der Waals surface area contributed by atoms with Crippen molar-refractivity contribution in [2.75, 3.05) is 18.4 Å². The van der Waals surface area contributed by atoms with Crippen molar-refractivity contribution in [2.24, 2.45) is 5.92 Å². The molecule has 170 valence electrons. The number of carbonyl (C=O) groups is 2. The molecule has 2 atom stereocenters. The SMILES string of the molecule is C[C@H]1Oc2ccc(S(=O)(=O)N3CCC[C@@H](C(=O)NCc4ccc(F)cc4)C3)cc2NC1=O. The highest BCUT2D eigenvalue weighted by Gasteiger charge is 2.34. The molecule has 0 spiro atoms. The van der Waals surface area contributed by atoms with Crippen molar-refractivity contribution in [3.8, 4) is 5.75 Å². The molecule has 1 saturated heterocycles.